The lowest BCUT2D eigenvalue weighted by molar-refractivity contribution is 0.206. The maximum Gasteiger partial charge on any atom is 0.161 e. The summed E-state index contributed by atoms with van der Waals surface area (Å²) in [7, 11) is 1.70. The van der Waals surface area contributed by atoms with Gasteiger partial charge in [-0.1, -0.05) is 13.0 Å². The molecule has 0 aliphatic carbocycles. The van der Waals surface area contributed by atoms with Crippen molar-refractivity contribution in [3.63, 3.8) is 0 Å². The molecule has 0 N–H and O–H groups in total. The van der Waals surface area contributed by atoms with E-state index in [2.05, 4.69) is 53.1 Å². The van der Waals surface area contributed by atoms with Crippen LogP contribution in [0.1, 0.15) is 43.0 Å². The molecule has 1 aliphatic rings. The molecule has 3 rings (SSSR count). The fourth-order valence-corrected chi connectivity index (χ4v) is 4.12. The van der Waals surface area contributed by atoms with Gasteiger partial charge in [0.1, 0.15) is 0 Å². The first-order valence-corrected chi connectivity index (χ1v) is 11.1. The fraction of sp³-hybridized carbons (Fsp3) is 0.591. The molecule has 1 aromatic carbocycles. The maximum atomic E-state index is 6.07. The van der Waals surface area contributed by atoms with Gasteiger partial charge in [0, 0.05) is 31.6 Å². The minimum absolute atomic E-state index is 0.185. The van der Waals surface area contributed by atoms with Crippen LogP contribution >= 0.6 is 11.3 Å². The van der Waals surface area contributed by atoms with Crippen LogP contribution in [0.15, 0.2) is 23.6 Å². The van der Waals surface area contributed by atoms with Crippen molar-refractivity contribution < 1.29 is 9.47 Å². The SMILES string of the molecule is CCC(C)Oc1cc(CN2CCCN(Cc3csc(C)n3)CC2)ccc1OC. The van der Waals surface area contributed by atoms with Gasteiger partial charge in [0.25, 0.3) is 0 Å². The Morgan fingerprint density at radius 2 is 1.86 bits per heavy atom. The van der Waals surface area contributed by atoms with Crippen molar-refractivity contribution in [3.05, 3.63) is 39.8 Å². The molecule has 0 spiro atoms. The topological polar surface area (TPSA) is 37.8 Å². The van der Waals surface area contributed by atoms with Crippen LogP contribution in [-0.2, 0) is 13.1 Å². The zero-order chi connectivity index (χ0) is 19.9. The molecule has 0 amide bonds. The standard InChI is InChI=1S/C22H33N3O2S/c1-5-17(2)27-22-13-19(7-8-21(22)26-4)14-24-9-6-10-25(12-11-24)15-20-16-28-18(3)23-20/h7-8,13,16-17H,5-6,9-12,14-15H2,1-4H3. The second kappa shape index (κ2) is 10.2. The number of thiazole rings is 1. The number of aryl methyl sites for hydroxylation is 1. The molecule has 5 nitrogen and oxygen atoms in total. The molecular weight excluding hydrogens is 370 g/mol. The van der Waals surface area contributed by atoms with E-state index in [4.69, 9.17) is 9.47 Å². The zero-order valence-electron chi connectivity index (χ0n) is 17.6. The van der Waals surface area contributed by atoms with Crippen LogP contribution < -0.4 is 9.47 Å². The molecule has 0 bridgehead atoms. The van der Waals surface area contributed by atoms with Crippen molar-refractivity contribution in [1.82, 2.24) is 14.8 Å². The molecule has 1 atom stereocenters. The summed E-state index contributed by atoms with van der Waals surface area (Å²) in [5, 5.41) is 3.34. The third-order valence-electron chi connectivity index (χ3n) is 5.27. The number of hydrogen-bond donors (Lipinski definition) is 0. The summed E-state index contributed by atoms with van der Waals surface area (Å²) < 4.78 is 11.5. The fourth-order valence-electron chi connectivity index (χ4n) is 3.52. The van der Waals surface area contributed by atoms with Gasteiger partial charge >= 0.3 is 0 Å². The highest BCUT2D eigenvalue weighted by Crippen LogP contribution is 2.30. The lowest BCUT2D eigenvalue weighted by Gasteiger charge is -2.22. The third-order valence-corrected chi connectivity index (χ3v) is 6.09. The van der Waals surface area contributed by atoms with Gasteiger partial charge in [-0.05, 0) is 57.5 Å². The Labute approximate surface area is 173 Å². The second-order valence-corrected chi connectivity index (χ2v) is 8.65. The van der Waals surface area contributed by atoms with E-state index in [1.807, 2.05) is 6.07 Å². The normalized spacial score (nSPS) is 17.3. The Bertz CT molecular complexity index is 749. The molecule has 1 fully saturated rings. The van der Waals surface area contributed by atoms with Crippen molar-refractivity contribution >= 4 is 11.3 Å². The van der Waals surface area contributed by atoms with Crippen LogP contribution in [0.2, 0.25) is 0 Å². The maximum absolute atomic E-state index is 6.07. The predicted molar refractivity (Wildman–Crippen MR) is 115 cm³/mol. The summed E-state index contributed by atoms with van der Waals surface area (Å²) in [6, 6.07) is 6.33. The van der Waals surface area contributed by atoms with Gasteiger partial charge in [0.2, 0.25) is 0 Å². The monoisotopic (exact) mass is 403 g/mol. The van der Waals surface area contributed by atoms with Gasteiger partial charge in [-0.3, -0.25) is 9.80 Å². The quantitative estimate of drug-likeness (QED) is 0.655. The molecule has 0 saturated carbocycles. The van der Waals surface area contributed by atoms with Crippen molar-refractivity contribution in [2.75, 3.05) is 33.3 Å². The van der Waals surface area contributed by atoms with Crippen LogP contribution in [0.5, 0.6) is 11.5 Å². The minimum Gasteiger partial charge on any atom is -0.493 e. The summed E-state index contributed by atoms with van der Waals surface area (Å²) in [5.41, 5.74) is 2.49. The van der Waals surface area contributed by atoms with Crippen molar-refractivity contribution in [2.45, 2.75) is 52.8 Å². The van der Waals surface area contributed by atoms with Crippen molar-refractivity contribution in [3.8, 4) is 11.5 Å². The van der Waals surface area contributed by atoms with Crippen LogP contribution in [-0.4, -0.2) is 54.2 Å². The zero-order valence-corrected chi connectivity index (χ0v) is 18.4. The van der Waals surface area contributed by atoms with E-state index in [9.17, 15) is 0 Å². The molecule has 154 valence electrons. The number of ether oxygens (including phenoxy) is 2. The van der Waals surface area contributed by atoms with E-state index >= 15 is 0 Å². The van der Waals surface area contributed by atoms with E-state index in [-0.39, 0.29) is 6.10 Å². The lowest BCUT2D eigenvalue weighted by atomic mass is 10.1. The Hall–Kier alpha value is -1.63. The molecule has 1 aliphatic heterocycles. The van der Waals surface area contributed by atoms with Crippen LogP contribution in [0, 0.1) is 6.92 Å². The lowest BCUT2D eigenvalue weighted by Crippen LogP contribution is -2.30. The summed E-state index contributed by atoms with van der Waals surface area (Å²) in [6.07, 6.45) is 2.36. The first kappa shape index (κ1) is 21.1. The van der Waals surface area contributed by atoms with Gasteiger partial charge in [0.15, 0.2) is 11.5 Å². The second-order valence-electron chi connectivity index (χ2n) is 7.59. The molecule has 2 aromatic rings. The van der Waals surface area contributed by atoms with E-state index in [1.54, 1.807) is 18.4 Å². The number of aromatic nitrogens is 1. The Morgan fingerprint density at radius 1 is 1.11 bits per heavy atom. The van der Waals surface area contributed by atoms with E-state index in [0.717, 1.165) is 62.2 Å². The molecule has 28 heavy (non-hydrogen) atoms. The van der Waals surface area contributed by atoms with Crippen molar-refractivity contribution in [2.24, 2.45) is 0 Å². The number of benzene rings is 1. The number of rotatable bonds is 8. The summed E-state index contributed by atoms with van der Waals surface area (Å²) in [6.45, 7) is 12.7. The van der Waals surface area contributed by atoms with Gasteiger partial charge in [-0.2, -0.15) is 0 Å². The van der Waals surface area contributed by atoms with Gasteiger partial charge in [-0.25, -0.2) is 4.98 Å². The highest BCUT2D eigenvalue weighted by Gasteiger charge is 2.17. The average molecular weight is 404 g/mol. The predicted octanol–water partition coefficient (Wildman–Crippen LogP) is 4.35. The van der Waals surface area contributed by atoms with E-state index in [0.29, 0.717) is 0 Å². The number of nitrogens with zero attached hydrogens (tertiary/aromatic N) is 3. The van der Waals surface area contributed by atoms with Gasteiger partial charge in [-0.15, -0.1) is 11.3 Å². The smallest absolute Gasteiger partial charge is 0.161 e. The summed E-state index contributed by atoms with van der Waals surface area (Å²) >= 11 is 1.74. The Balaban J connectivity index is 1.58. The molecule has 1 unspecified atom stereocenters. The van der Waals surface area contributed by atoms with Crippen molar-refractivity contribution in [1.29, 1.82) is 0 Å². The Kier molecular flexibility index (Phi) is 7.71. The van der Waals surface area contributed by atoms with E-state index < -0.39 is 0 Å². The first-order chi connectivity index (χ1) is 13.6. The molecule has 0 radical (unpaired) electrons. The summed E-state index contributed by atoms with van der Waals surface area (Å²) in [4.78, 5) is 9.69. The van der Waals surface area contributed by atoms with Gasteiger partial charge in [0.05, 0.1) is 23.9 Å². The summed E-state index contributed by atoms with van der Waals surface area (Å²) in [5.74, 6) is 1.66. The molecule has 1 aromatic heterocycles. The van der Waals surface area contributed by atoms with Crippen LogP contribution in [0.4, 0.5) is 0 Å². The minimum atomic E-state index is 0.185. The first-order valence-electron chi connectivity index (χ1n) is 10.3. The largest absolute Gasteiger partial charge is 0.493 e. The van der Waals surface area contributed by atoms with Crippen LogP contribution in [0.3, 0.4) is 0 Å². The molecule has 2 heterocycles. The third kappa shape index (κ3) is 5.93. The molecule has 6 heteroatoms. The molecular formula is C22H33N3O2S. The van der Waals surface area contributed by atoms with Gasteiger partial charge < -0.3 is 9.47 Å². The highest BCUT2D eigenvalue weighted by molar-refractivity contribution is 7.09. The number of hydrogen-bond acceptors (Lipinski definition) is 6. The van der Waals surface area contributed by atoms with Crippen LogP contribution in [0.25, 0.3) is 0 Å². The average Bonchev–Trinajstić information content (AvgIpc) is 2.97. The Morgan fingerprint density at radius 3 is 2.50 bits per heavy atom. The number of methoxy groups -OCH3 is 1. The van der Waals surface area contributed by atoms with E-state index in [1.165, 1.54) is 17.7 Å². The molecule has 1 saturated heterocycles. The highest BCUT2D eigenvalue weighted by atomic mass is 32.1.